The Morgan fingerprint density at radius 2 is 1.16 bits per heavy atom. The van der Waals surface area contributed by atoms with Crippen molar-refractivity contribution in [3.8, 4) is 12.1 Å². The van der Waals surface area contributed by atoms with Gasteiger partial charge in [-0.2, -0.15) is 10.5 Å². The van der Waals surface area contributed by atoms with E-state index in [2.05, 4.69) is 57.9 Å². The lowest BCUT2D eigenvalue weighted by Gasteiger charge is -2.08. The number of benzene rings is 4. The molecular formula is C42H31Cl2N5S2. The first-order valence-corrected chi connectivity index (χ1v) is 19.1. The van der Waals surface area contributed by atoms with Crippen molar-refractivity contribution in [2.75, 3.05) is 0 Å². The number of thiazole rings is 2. The molecule has 0 N–H and O–H groups in total. The lowest BCUT2D eigenvalue weighted by atomic mass is 10.1. The molecule has 7 rings (SSSR count). The molecule has 0 radical (unpaired) electrons. The summed E-state index contributed by atoms with van der Waals surface area (Å²) in [5.74, 6) is 0. The first-order chi connectivity index (χ1) is 25.0. The van der Waals surface area contributed by atoms with E-state index in [9.17, 15) is 10.5 Å². The molecule has 250 valence electrons. The number of aromatic nitrogens is 3. The molecular weight excluding hydrogens is 710 g/mol. The topological polar surface area (TPSA) is 78.3 Å². The van der Waals surface area contributed by atoms with Crippen molar-refractivity contribution >= 4 is 109 Å². The van der Waals surface area contributed by atoms with Crippen molar-refractivity contribution in [2.24, 2.45) is 0 Å². The highest BCUT2D eigenvalue weighted by Gasteiger charge is 2.15. The van der Waals surface area contributed by atoms with Gasteiger partial charge in [-0.3, -0.25) is 0 Å². The molecule has 0 spiro atoms. The number of para-hydroxylation sites is 2. The Bertz CT molecular complexity index is 2400. The summed E-state index contributed by atoms with van der Waals surface area (Å²) in [5, 5.41) is 24.4. The van der Waals surface area contributed by atoms with Crippen LogP contribution in [0, 0.1) is 22.7 Å². The van der Waals surface area contributed by atoms with E-state index >= 15 is 0 Å². The fourth-order valence-corrected chi connectivity index (χ4v) is 8.37. The predicted octanol–water partition coefficient (Wildman–Crippen LogP) is 13.0. The Hall–Kier alpha value is -5.02. The molecule has 5 nitrogen and oxygen atoms in total. The minimum absolute atomic E-state index is 0.460. The molecule has 0 saturated heterocycles. The number of hydrogen-bond acceptors (Lipinski definition) is 6. The Morgan fingerprint density at radius 3 is 1.61 bits per heavy atom. The van der Waals surface area contributed by atoms with Crippen LogP contribution in [0.15, 0.2) is 109 Å². The van der Waals surface area contributed by atoms with Gasteiger partial charge in [0.15, 0.2) is 0 Å². The van der Waals surface area contributed by atoms with Crippen LogP contribution in [0.3, 0.4) is 0 Å². The van der Waals surface area contributed by atoms with Crippen LogP contribution in [0.5, 0.6) is 0 Å². The number of nitrogens with zero attached hydrogens (tertiary/aromatic N) is 5. The monoisotopic (exact) mass is 739 g/mol. The quantitative estimate of drug-likeness (QED) is 0.0751. The highest BCUT2D eigenvalue weighted by molar-refractivity contribution is 7.20. The summed E-state index contributed by atoms with van der Waals surface area (Å²) in [7, 11) is 0. The van der Waals surface area contributed by atoms with Gasteiger partial charge in [0.1, 0.15) is 22.2 Å². The lowest BCUT2D eigenvalue weighted by Crippen LogP contribution is -1.97. The van der Waals surface area contributed by atoms with E-state index in [4.69, 9.17) is 23.2 Å². The van der Waals surface area contributed by atoms with Gasteiger partial charge in [0.05, 0.1) is 31.6 Å². The van der Waals surface area contributed by atoms with Crippen LogP contribution in [0.1, 0.15) is 53.7 Å². The van der Waals surface area contributed by atoms with Gasteiger partial charge >= 0.3 is 0 Å². The number of hydrogen-bond donors (Lipinski definition) is 0. The molecule has 4 aromatic carbocycles. The zero-order valence-electron chi connectivity index (χ0n) is 27.7. The molecule has 0 atom stereocenters. The van der Waals surface area contributed by atoms with E-state index in [1.165, 1.54) is 41.9 Å². The number of aryl methyl sites for hydroxylation is 1. The number of unbranched alkanes of at least 4 members (excludes halogenated alkanes) is 3. The van der Waals surface area contributed by atoms with Gasteiger partial charge in [0.25, 0.3) is 0 Å². The van der Waals surface area contributed by atoms with E-state index in [0.717, 1.165) is 66.3 Å². The molecule has 0 saturated carbocycles. The smallest absolute Gasteiger partial charge is 0.135 e. The Kier molecular flexibility index (Phi) is 10.4. The van der Waals surface area contributed by atoms with E-state index in [0.29, 0.717) is 31.2 Å². The zero-order valence-corrected chi connectivity index (χ0v) is 30.9. The first kappa shape index (κ1) is 34.4. The number of rotatable bonds is 11. The molecule has 9 heteroatoms. The number of halogens is 2. The molecule has 0 fully saturated rings. The van der Waals surface area contributed by atoms with E-state index < -0.39 is 0 Å². The zero-order chi connectivity index (χ0) is 35.3. The van der Waals surface area contributed by atoms with Crippen molar-refractivity contribution in [3.05, 3.63) is 130 Å². The van der Waals surface area contributed by atoms with Crippen molar-refractivity contribution in [3.63, 3.8) is 0 Å². The second-order valence-electron chi connectivity index (χ2n) is 12.1. The van der Waals surface area contributed by atoms with E-state index in [1.54, 1.807) is 24.3 Å². The summed E-state index contributed by atoms with van der Waals surface area (Å²) in [5.41, 5.74) is 6.59. The fraction of sp³-hybridized carbons (Fsp3) is 0.143. The van der Waals surface area contributed by atoms with Gasteiger partial charge in [-0.05, 0) is 90.4 Å². The second kappa shape index (κ2) is 15.5. The maximum Gasteiger partial charge on any atom is 0.135 e. The number of allylic oxidation sites excluding steroid dienone is 6. The third-order valence-corrected chi connectivity index (χ3v) is 11.6. The predicted molar refractivity (Wildman–Crippen MR) is 218 cm³/mol. The number of fused-ring (bicyclic) bond motifs is 5. The minimum atomic E-state index is 0.460. The molecule has 3 heterocycles. The second-order valence-corrected chi connectivity index (χ2v) is 14.9. The van der Waals surface area contributed by atoms with Gasteiger partial charge in [-0.15, -0.1) is 22.7 Å². The highest BCUT2D eigenvalue weighted by Crippen LogP contribution is 2.36. The molecule has 0 unspecified atom stereocenters. The highest BCUT2D eigenvalue weighted by atomic mass is 35.5. The fourth-order valence-electron chi connectivity index (χ4n) is 6.13. The van der Waals surface area contributed by atoms with Crippen molar-refractivity contribution in [1.29, 1.82) is 10.5 Å². The largest absolute Gasteiger partial charge is 0.340 e. The lowest BCUT2D eigenvalue weighted by molar-refractivity contribution is 0.602. The van der Waals surface area contributed by atoms with Crippen LogP contribution in [0.2, 0.25) is 0 Å². The third-order valence-electron chi connectivity index (χ3n) is 8.73. The van der Waals surface area contributed by atoms with Gasteiger partial charge < -0.3 is 4.57 Å². The van der Waals surface area contributed by atoms with Crippen LogP contribution in [0.4, 0.5) is 0 Å². The standard InChI is InChI=1S/C42H31Cl2N5S2/c1-2-3-4-9-22-49-37-20-16-27(33(43)18-14-29(25-45)41-47-35-10-5-7-12-39(35)50-41)23-31(37)32-24-28(17-21-38(32)49)34(44)19-15-30(26-46)42-48-36-11-6-8-13-40(36)51-42/h5-8,10-21,23-24H,2-4,9,22H2,1H3. The van der Waals surface area contributed by atoms with E-state index in [1.807, 2.05) is 60.7 Å². The molecule has 0 aliphatic carbocycles. The van der Waals surface area contributed by atoms with Crippen LogP contribution < -0.4 is 0 Å². The molecule has 3 aromatic heterocycles. The van der Waals surface area contributed by atoms with Crippen LogP contribution >= 0.6 is 45.9 Å². The summed E-state index contributed by atoms with van der Waals surface area (Å²) >= 11 is 16.8. The normalized spacial score (nSPS) is 13.0. The van der Waals surface area contributed by atoms with Gasteiger partial charge in [-0.25, -0.2) is 9.97 Å². The summed E-state index contributed by atoms with van der Waals surface area (Å²) in [6.45, 7) is 3.12. The van der Waals surface area contributed by atoms with Gasteiger partial charge in [-0.1, -0.05) is 85.8 Å². The molecule has 7 aromatic rings. The maximum absolute atomic E-state index is 9.93. The van der Waals surface area contributed by atoms with Crippen LogP contribution in [-0.2, 0) is 6.54 Å². The molecule has 51 heavy (non-hydrogen) atoms. The third kappa shape index (κ3) is 7.26. The molecule has 0 amide bonds. The average molecular weight is 741 g/mol. The maximum atomic E-state index is 9.93. The molecule has 0 bridgehead atoms. The van der Waals surface area contributed by atoms with Crippen molar-refractivity contribution in [2.45, 2.75) is 39.2 Å². The van der Waals surface area contributed by atoms with Gasteiger partial charge in [0, 0.05) is 38.4 Å². The Morgan fingerprint density at radius 1 is 0.667 bits per heavy atom. The van der Waals surface area contributed by atoms with Crippen LogP contribution in [0.25, 0.3) is 63.4 Å². The Labute approximate surface area is 314 Å². The summed E-state index contributed by atoms with van der Waals surface area (Å²) < 4.78 is 4.44. The first-order valence-electron chi connectivity index (χ1n) is 16.7. The van der Waals surface area contributed by atoms with Crippen LogP contribution in [-0.4, -0.2) is 14.5 Å². The van der Waals surface area contributed by atoms with Crippen molar-refractivity contribution in [1.82, 2.24) is 14.5 Å². The van der Waals surface area contributed by atoms with E-state index in [-0.39, 0.29) is 0 Å². The summed E-state index contributed by atoms with van der Waals surface area (Å²) in [6, 6.07) is 32.8. The number of nitriles is 2. The average Bonchev–Trinajstić information content (AvgIpc) is 3.87. The van der Waals surface area contributed by atoms with Gasteiger partial charge in [0.2, 0.25) is 0 Å². The summed E-state index contributed by atoms with van der Waals surface area (Å²) in [6.07, 6.45) is 11.6. The molecule has 0 aliphatic rings. The minimum Gasteiger partial charge on any atom is -0.340 e. The van der Waals surface area contributed by atoms with Crippen molar-refractivity contribution < 1.29 is 0 Å². The Balaban J connectivity index is 1.25. The molecule has 0 aliphatic heterocycles. The summed E-state index contributed by atoms with van der Waals surface area (Å²) in [4.78, 5) is 9.28. The SMILES string of the molecule is CCCCCCn1c2ccc(C(Cl)=CC=C(C#N)c3nc4ccccc4s3)cc2c2cc(C(Cl)=CC=C(C#N)c3nc4ccccc4s3)ccc21.